The Morgan fingerprint density at radius 2 is 0.675 bits per heavy atom. The van der Waals surface area contributed by atoms with Crippen molar-refractivity contribution in [2.75, 3.05) is 9.80 Å². The summed E-state index contributed by atoms with van der Waals surface area (Å²) in [5.41, 5.74) is 19.1. The molecule has 0 aromatic heterocycles. The second kappa shape index (κ2) is 34.0. The first kappa shape index (κ1) is 65.2. The van der Waals surface area contributed by atoms with Crippen LogP contribution in [0.3, 0.4) is 0 Å². The molecule has 80 heavy (non-hydrogen) atoms. The van der Waals surface area contributed by atoms with Crippen molar-refractivity contribution in [1.29, 1.82) is 0 Å². The van der Waals surface area contributed by atoms with Crippen LogP contribution in [0.5, 0.6) is 0 Å². The third-order valence-corrected chi connectivity index (χ3v) is 16.5. The fourth-order valence-corrected chi connectivity index (χ4v) is 12.0. The topological polar surface area (TPSA) is 6.48 Å². The molecule has 0 fully saturated rings. The summed E-state index contributed by atoms with van der Waals surface area (Å²) in [6.07, 6.45) is 22.0. The zero-order chi connectivity index (χ0) is 55.2. The first-order chi connectivity index (χ1) is 37.9. The molecular weight excluding hydrogens is 1170 g/mol. The molecule has 0 unspecified atom stereocenters. The number of hydrogen-bond acceptors (Lipinski definition) is 2. The van der Waals surface area contributed by atoms with E-state index in [1.165, 1.54) is 133 Å². The molecule has 0 heterocycles. The molecule has 12 rings (SSSR count). The van der Waals surface area contributed by atoms with E-state index in [-0.39, 0.29) is 24.8 Å². The Bertz CT molecular complexity index is 2950. The van der Waals surface area contributed by atoms with Gasteiger partial charge < -0.3 is 34.6 Å². The van der Waals surface area contributed by atoms with Crippen LogP contribution in [0, 0.1) is 24.3 Å². The Kier molecular flexibility index (Phi) is 27.7. The van der Waals surface area contributed by atoms with Crippen molar-refractivity contribution in [1.82, 2.24) is 0 Å². The Hall–Kier alpha value is -5.59. The molecular formula is C74H74Cl2N2Zr2-2. The molecule has 0 saturated heterocycles. The van der Waals surface area contributed by atoms with Crippen molar-refractivity contribution in [2.45, 2.75) is 105 Å². The van der Waals surface area contributed by atoms with Crippen LogP contribution in [0.25, 0.3) is 22.3 Å². The van der Waals surface area contributed by atoms with Crippen molar-refractivity contribution in [3.05, 3.63) is 299 Å². The SMILES string of the molecule is CC(C)N(c1cc[c-]c2c1-c1ccccc1C2)C(C)C.CC(C)N(c1cc[c-]c2c1-c1ccccc1C2)C(C)C.[C-]1=CC=CC1.[C-]1=CC=CC1.[Cl-].[Cl-].[Zr+2]=[C](c1ccccc1)c1ccccc1.[Zr+2]=[C](c1ccccc1)c1ccccc1. The van der Waals surface area contributed by atoms with Gasteiger partial charge in [0.25, 0.3) is 0 Å². The Morgan fingerprint density at radius 1 is 0.388 bits per heavy atom. The van der Waals surface area contributed by atoms with Crippen LogP contribution >= 0.6 is 0 Å². The van der Waals surface area contributed by atoms with Crippen LogP contribution in [-0.2, 0) is 61.3 Å². The second-order valence-corrected chi connectivity index (χ2v) is 23.0. The van der Waals surface area contributed by atoms with Gasteiger partial charge in [-0.25, -0.2) is 24.3 Å². The van der Waals surface area contributed by atoms with E-state index in [0.29, 0.717) is 24.2 Å². The van der Waals surface area contributed by atoms with E-state index in [4.69, 9.17) is 0 Å². The normalized spacial score (nSPS) is 12.0. The Balaban J connectivity index is 0.000000185. The fraction of sp³-hybridized carbons (Fsp3) is 0.216. The molecule has 0 spiro atoms. The summed E-state index contributed by atoms with van der Waals surface area (Å²) in [4.78, 5) is 5.02. The van der Waals surface area contributed by atoms with Gasteiger partial charge >= 0.3 is 198 Å². The van der Waals surface area contributed by atoms with E-state index >= 15 is 0 Å². The van der Waals surface area contributed by atoms with Gasteiger partial charge in [-0.15, -0.1) is 47.2 Å². The van der Waals surface area contributed by atoms with Crippen molar-refractivity contribution >= 4 is 17.8 Å². The van der Waals surface area contributed by atoms with E-state index in [0.717, 1.165) is 25.7 Å². The first-order valence-corrected chi connectivity index (χ1v) is 30.0. The summed E-state index contributed by atoms with van der Waals surface area (Å²) in [6, 6.07) is 77.2. The van der Waals surface area contributed by atoms with Crippen molar-refractivity contribution in [2.24, 2.45) is 0 Å². The molecule has 0 saturated carbocycles. The van der Waals surface area contributed by atoms with E-state index in [1.807, 2.05) is 24.3 Å². The van der Waals surface area contributed by atoms with Gasteiger partial charge in [0.1, 0.15) is 0 Å². The van der Waals surface area contributed by atoms with E-state index in [9.17, 15) is 0 Å². The molecule has 6 heteroatoms. The van der Waals surface area contributed by atoms with Gasteiger partial charge in [0.15, 0.2) is 0 Å². The summed E-state index contributed by atoms with van der Waals surface area (Å²) >= 11 is 2.92. The maximum atomic E-state index is 3.44. The predicted octanol–water partition coefficient (Wildman–Crippen LogP) is 11.6. The third kappa shape index (κ3) is 18.2. The van der Waals surface area contributed by atoms with Crippen LogP contribution < -0.4 is 34.6 Å². The first-order valence-electron chi connectivity index (χ1n) is 27.6. The number of hydrogen-bond donors (Lipinski definition) is 0. The Labute approximate surface area is 523 Å². The molecule has 4 aliphatic carbocycles. The molecule has 8 aromatic rings. The van der Waals surface area contributed by atoms with Gasteiger partial charge in [-0.1, -0.05) is 82.2 Å². The van der Waals surface area contributed by atoms with Crippen LogP contribution in [0.15, 0.2) is 231 Å². The summed E-state index contributed by atoms with van der Waals surface area (Å²) < 4.78 is 2.83. The van der Waals surface area contributed by atoms with Gasteiger partial charge in [-0.05, 0) is 68.2 Å². The van der Waals surface area contributed by atoms with Gasteiger partial charge in [-0.3, -0.25) is 12.2 Å². The van der Waals surface area contributed by atoms with Crippen LogP contribution in [-0.4, -0.2) is 30.6 Å². The average molecular weight is 1240 g/mol. The zero-order valence-corrected chi connectivity index (χ0v) is 54.2. The second-order valence-electron chi connectivity index (χ2n) is 20.5. The van der Waals surface area contributed by atoms with E-state index in [2.05, 4.69) is 296 Å². The molecule has 404 valence electrons. The number of rotatable bonds is 10. The summed E-state index contributed by atoms with van der Waals surface area (Å²) in [7, 11) is 0. The van der Waals surface area contributed by atoms with E-state index < -0.39 is 0 Å². The minimum absolute atomic E-state index is 0. The van der Waals surface area contributed by atoms with Crippen LogP contribution in [0.2, 0.25) is 0 Å². The number of fused-ring (bicyclic) bond motifs is 6. The molecule has 0 aliphatic heterocycles. The molecule has 0 bridgehead atoms. The van der Waals surface area contributed by atoms with Crippen molar-refractivity contribution in [3.8, 4) is 22.3 Å². The van der Waals surface area contributed by atoms with Crippen molar-refractivity contribution in [3.63, 3.8) is 0 Å². The molecule has 0 amide bonds. The van der Waals surface area contributed by atoms with Gasteiger partial charge in [0, 0.05) is 24.2 Å². The molecule has 2 nitrogen and oxygen atoms in total. The third-order valence-electron chi connectivity index (χ3n) is 13.6. The molecule has 0 radical (unpaired) electrons. The van der Waals surface area contributed by atoms with Gasteiger partial charge in [0.2, 0.25) is 0 Å². The molecule has 4 aliphatic rings. The number of nitrogens with zero attached hydrogens (tertiary/aromatic N) is 2. The quantitative estimate of drug-likeness (QED) is 0.126. The van der Waals surface area contributed by atoms with E-state index in [1.54, 1.807) is 0 Å². The van der Waals surface area contributed by atoms with Crippen LogP contribution in [0.1, 0.15) is 113 Å². The predicted molar refractivity (Wildman–Crippen MR) is 328 cm³/mol. The number of allylic oxidation sites excluding steroid dienone is 8. The molecule has 8 aromatic carbocycles. The number of anilines is 2. The number of benzene rings is 8. The van der Waals surface area contributed by atoms with Crippen molar-refractivity contribution < 1.29 is 73.3 Å². The zero-order valence-electron chi connectivity index (χ0n) is 47.7. The van der Waals surface area contributed by atoms with Gasteiger partial charge in [-0.2, -0.15) is 36.4 Å². The van der Waals surface area contributed by atoms with Crippen LogP contribution in [0.4, 0.5) is 11.4 Å². The summed E-state index contributed by atoms with van der Waals surface area (Å²) in [5.74, 6) is 0. The summed E-state index contributed by atoms with van der Waals surface area (Å²) in [5, 5.41) is 0. The monoisotopic (exact) mass is 1240 g/mol. The number of halogens is 2. The minimum atomic E-state index is 0. The Morgan fingerprint density at radius 3 is 0.925 bits per heavy atom. The summed E-state index contributed by atoms with van der Waals surface area (Å²) in [6.45, 7) is 18.1. The molecule has 0 atom stereocenters. The maximum absolute atomic E-state index is 3.44. The standard InChI is InChI=1S/2C19H22N.2C13H10.2C5H5.2ClH.2Zr/c2*1-13(2)20(14(3)4)18-11-7-9-16-12-15-8-5-6-10-17(15)19(16)18;2*1-3-7-12(8-4-1)11-13-9-5-2-6-10-13;2*1-2-4-5-3-1;;;;/h2*5-8,10-11,13-14H,12H2,1-4H3;2*1-10H;2*1-3H,4H2;2*1H;;/q2*-1;;;2*-1;;;2*+2/p-2. The van der Waals surface area contributed by atoms with Gasteiger partial charge in [0.05, 0.1) is 0 Å². The fourth-order valence-electron chi connectivity index (χ4n) is 10.3. The molecule has 0 N–H and O–H groups in total. The average Bonchev–Trinajstić information content (AvgIpc) is 4.49.